The van der Waals surface area contributed by atoms with Gasteiger partial charge < -0.3 is 15.2 Å². The predicted octanol–water partition coefficient (Wildman–Crippen LogP) is 2.80. The van der Waals surface area contributed by atoms with Crippen molar-refractivity contribution in [3.63, 3.8) is 0 Å². The molecule has 0 aromatic heterocycles. The van der Waals surface area contributed by atoms with Crippen LogP contribution in [0, 0.1) is 13.8 Å². The molecule has 0 aliphatic heterocycles. The van der Waals surface area contributed by atoms with Crippen molar-refractivity contribution >= 4 is 5.69 Å². The van der Waals surface area contributed by atoms with Gasteiger partial charge in [-0.3, -0.25) is 0 Å². The van der Waals surface area contributed by atoms with Crippen molar-refractivity contribution in [3.05, 3.63) is 23.3 Å². The predicted molar refractivity (Wildman–Crippen MR) is 57.8 cm³/mol. The molecule has 2 N–H and O–H groups in total. The van der Waals surface area contributed by atoms with E-state index in [-0.39, 0.29) is 0 Å². The van der Waals surface area contributed by atoms with Gasteiger partial charge in [-0.2, -0.15) is 13.2 Å². The van der Waals surface area contributed by atoms with Gasteiger partial charge in [-0.15, -0.1) is 0 Å². The van der Waals surface area contributed by atoms with E-state index in [1.54, 1.807) is 13.0 Å². The molecule has 0 atom stereocenters. The van der Waals surface area contributed by atoms with Gasteiger partial charge in [0, 0.05) is 0 Å². The molecule has 3 nitrogen and oxygen atoms in total. The highest BCUT2D eigenvalue weighted by atomic mass is 19.4. The van der Waals surface area contributed by atoms with Crippen molar-refractivity contribution in [1.29, 1.82) is 0 Å². The summed E-state index contributed by atoms with van der Waals surface area (Å²) in [7, 11) is 0. The van der Waals surface area contributed by atoms with Crippen molar-refractivity contribution in [2.45, 2.75) is 20.0 Å². The van der Waals surface area contributed by atoms with E-state index in [2.05, 4.69) is 4.74 Å². The van der Waals surface area contributed by atoms with E-state index < -0.39 is 19.6 Å². The van der Waals surface area contributed by atoms with Gasteiger partial charge in [0.05, 0.1) is 5.69 Å². The summed E-state index contributed by atoms with van der Waals surface area (Å²) in [5, 5.41) is 0. The highest BCUT2D eigenvalue weighted by Gasteiger charge is 2.27. The topological polar surface area (TPSA) is 44.5 Å². The van der Waals surface area contributed by atoms with Crippen LogP contribution >= 0.6 is 0 Å². The normalized spacial score (nSPS) is 11.6. The number of benzene rings is 1. The average molecular weight is 249 g/mol. The fourth-order valence-corrected chi connectivity index (χ4v) is 1.44. The molecule has 0 spiro atoms. The molecular weight excluding hydrogens is 235 g/mol. The lowest BCUT2D eigenvalue weighted by molar-refractivity contribution is -0.186. The minimum atomic E-state index is -4.35. The van der Waals surface area contributed by atoms with E-state index in [0.717, 1.165) is 11.1 Å². The molecule has 0 unspecified atom stereocenters. The monoisotopic (exact) mass is 249 g/mol. The number of hydrogen-bond donors (Lipinski definition) is 1. The van der Waals surface area contributed by atoms with Crippen molar-refractivity contribution in [2.75, 3.05) is 19.1 Å². The maximum Gasteiger partial charge on any atom is 0.411 e. The molecule has 0 fully saturated rings. The van der Waals surface area contributed by atoms with Crippen LogP contribution < -0.4 is 10.5 Å². The van der Waals surface area contributed by atoms with Gasteiger partial charge in [-0.05, 0) is 31.0 Å². The maximum atomic E-state index is 11.8. The summed E-state index contributed by atoms with van der Waals surface area (Å²) >= 11 is 0. The average Bonchev–Trinajstić information content (AvgIpc) is 2.13. The number of aryl methyl sites for hydroxylation is 2. The Morgan fingerprint density at radius 3 is 2.41 bits per heavy atom. The van der Waals surface area contributed by atoms with Crippen LogP contribution in [0.1, 0.15) is 11.1 Å². The number of anilines is 1. The summed E-state index contributed by atoms with van der Waals surface area (Å²) in [5.41, 5.74) is 7.80. The fourth-order valence-electron chi connectivity index (χ4n) is 1.44. The van der Waals surface area contributed by atoms with Crippen LogP contribution in [0.4, 0.5) is 18.9 Å². The number of nitrogen functional groups attached to an aromatic ring is 1. The van der Waals surface area contributed by atoms with Crippen molar-refractivity contribution < 1.29 is 22.6 Å². The Bertz CT molecular complexity index is 368. The lowest BCUT2D eigenvalue weighted by Gasteiger charge is -2.13. The van der Waals surface area contributed by atoms with Crippen LogP contribution in [0.15, 0.2) is 12.1 Å². The first-order valence-electron chi connectivity index (χ1n) is 4.93. The first kappa shape index (κ1) is 13.6. The molecule has 1 aromatic rings. The Morgan fingerprint density at radius 1 is 1.24 bits per heavy atom. The van der Waals surface area contributed by atoms with Crippen LogP contribution in [0.2, 0.25) is 0 Å². The largest absolute Gasteiger partial charge is 0.465 e. The van der Waals surface area contributed by atoms with Crippen LogP contribution in [-0.4, -0.2) is 19.6 Å². The van der Waals surface area contributed by atoms with Crippen molar-refractivity contribution in [2.24, 2.45) is 0 Å². The number of ether oxygens (including phenoxy) is 2. The molecule has 1 aromatic carbocycles. The number of hydrogen-bond acceptors (Lipinski definition) is 3. The van der Waals surface area contributed by atoms with E-state index in [9.17, 15) is 13.2 Å². The van der Waals surface area contributed by atoms with Crippen LogP contribution in [0.25, 0.3) is 0 Å². The number of nitrogens with two attached hydrogens (primary N) is 1. The molecule has 0 amide bonds. The molecule has 0 aliphatic carbocycles. The van der Waals surface area contributed by atoms with E-state index >= 15 is 0 Å². The number of halogens is 3. The molecular formula is C11H14F3NO2. The zero-order valence-electron chi connectivity index (χ0n) is 9.60. The molecule has 0 aliphatic rings. The van der Waals surface area contributed by atoms with Gasteiger partial charge in [0.1, 0.15) is 12.4 Å². The minimum Gasteiger partial charge on any atom is -0.465 e. The summed E-state index contributed by atoms with van der Waals surface area (Å²) < 4.78 is 44.8. The Labute approximate surface area is 97.3 Å². The van der Waals surface area contributed by atoms with Gasteiger partial charge in [0.15, 0.2) is 6.79 Å². The second kappa shape index (κ2) is 5.27. The molecule has 17 heavy (non-hydrogen) atoms. The summed E-state index contributed by atoms with van der Waals surface area (Å²) in [6, 6.07) is 3.52. The third-order valence-electron chi connectivity index (χ3n) is 2.00. The number of alkyl halides is 3. The van der Waals surface area contributed by atoms with Crippen LogP contribution in [-0.2, 0) is 4.74 Å². The molecule has 96 valence electrons. The Kier molecular flexibility index (Phi) is 4.22. The van der Waals surface area contributed by atoms with Gasteiger partial charge in [-0.25, -0.2) is 0 Å². The zero-order chi connectivity index (χ0) is 13.1. The molecule has 0 saturated carbocycles. The van der Waals surface area contributed by atoms with Crippen LogP contribution in [0.3, 0.4) is 0 Å². The zero-order valence-corrected chi connectivity index (χ0v) is 9.60. The SMILES string of the molecule is Cc1cc(C)c(OCOCC(F)(F)F)c(N)c1. The van der Waals surface area contributed by atoms with Gasteiger partial charge in [0.25, 0.3) is 0 Å². The van der Waals surface area contributed by atoms with Crippen LogP contribution in [0.5, 0.6) is 5.75 Å². The van der Waals surface area contributed by atoms with E-state index in [0.29, 0.717) is 11.4 Å². The second-order valence-electron chi connectivity index (χ2n) is 3.73. The third kappa shape index (κ3) is 4.52. The Morgan fingerprint density at radius 2 is 1.88 bits per heavy atom. The first-order valence-corrected chi connectivity index (χ1v) is 4.93. The maximum absolute atomic E-state index is 11.8. The lowest BCUT2D eigenvalue weighted by Crippen LogP contribution is -2.19. The Balaban J connectivity index is 2.53. The minimum absolute atomic E-state index is 0.359. The van der Waals surface area contributed by atoms with E-state index in [1.807, 2.05) is 13.0 Å². The smallest absolute Gasteiger partial charge is 0.411 e. The van der Waals surface area contributed by atoms with Gasteiger partial charge in [-0.1, -0.05) is 6.07 Å². The molecule has 1 rings (SSSR count). The Hall–Kier alpha value is -1.43. The summed E-state index contributed by atoms with van der Waals surface area (Å²) in [6.07, 6.45) is -4.35. The quantitative estimate of drug-likeness (QED) is 0.507. The summed E-state index contributed by atoms with van der Waals surface area (Å²) in [4.78, 5) is 0. The second-order valence-corrected chi connectivity index (χ2v) is 3.73. The molecule has 0 bridgehead atoms. The standard InChI is InChI=1S/C11H14F3NO2/c1-7-3-8(2)10(9(15)4-7)17-6-16-5-11(12,13)14/h3-4H,5-6,15H2,1-2H3. The summed E-state index contributed by atoms with van der Waals surface area (Å²) in [6.45, 7) is 1.82. The van der Waals surface area contributed by atoms with Gasteiger partial charge >= 0.3 is 6.18 Å². The first-order chi connectivity index (χ1) is 7.79. The lowest BCUT2D eigenvalue weighted by atomic mass is 10.1. The van der Waals surface area contributed by atoms with Gasteiger partial charge in [0.2, 0.25) is 0 Å². The van der Waals surface area contributed by atoms with Crippen molar-refractivity contribution in [1.82, 2.24) is 0 Å². The fraction of sp³-hybridized carbons (Fsp3) is 0.455. The number of rotatable bonds is 4. The highest BCUT2D eigenvalue weighted by molar-refractivity contribution is 5.58. The third-order valence-corrected chi connectivity index (χ3v) is 2.00. The van der Waals surface area contributed by atoms with E-state index in [4.69, 9.17) is 10.5 Å². The molecule has 6 heteroatoms. The van der Waals surface area contributed by atoms with Crippen molar-refractivity contribution in [3.8, 4) is 5.75 Å². The molecule has 0 radical (unpaired) electrons. The summed E-state index contributed by atoms with van der Waals surface area (Å²) in [5.74, 6) is 0.359. The molecule has 0 heterocycles. The molecule has 0 saturated heterocycles. The van der Waals surface area contributed by atoms with E-state index in [1.165, 1.54) is 0 Å². The highest BCUT2D eigenvalue weighted by Crippen LogP contribution is 2.27.